The van der Waals surface area contributed by atoms with E-state index < -0.39 is 10.0 Å². The minimum Gasteiger partial charge on any atom is -0.399 e. The summed E-state index contributed by atoms with van der Waals surface area (Å²) >= 11 is 0. The van der Waals surface area contributed by atoms with Crippen LogP contribution < -0.4 is 16.2 Å². The number of carbonyl (C=O) groups excluding carboxylic acids is 1. The predicted molar refractivity (Wildman–Crippen MR) is 82.2 cm³/mol. The van der Waals surface area contributed by atoms with Gasteiger partial charge >= 0.3 is 0 Å². The van der Waals surface area contributed by atoms with E-state index in [-0.39, 0.29) is 11.9 Å². The van der Waals surface area contributed by atoms with Crippen LogP contribution in [0.1, 0.15) is 23.2 Å². The smallest absolute Gasteiger partial charge is 0.254 e. The van der Waals surface area contributed by atoms with Gasteiger partial charge < -0.3 is 16.4 Å². The van der Waals surface area contributed by atoms with E-state index in [1.807, 2.05) is 0 Å². The van der Waals surface area contributed by atoms with Crippen LogP contribution in [0, 0.1) is 0 Å². The van der Waals surface area contributed by atoms with Gasteiger partial charge in [0.15, 0.2) is 0 Å². The molecule has 1 saturated heterocycles. The van der Waals surface area contributed by atoms with E-state index in [0.29, 0.717) is 30.0 Å². The number of carbonyl (C=O) groups is 1. The zero-order valence-electron chi connectivity index (χ0n) is 11.9. The molecule has 8 heteroatoms. The van der Waals surface area contributed by atoms with E-state index in [2.05, 4.69) is 4.72 Å². The summed E-state index contributed by atoms with van der Waals surface area (Å²) in [5, 5.41) is 0. The molecule has 1 aliphatic rings. The van der Waals surface area contributed by atoms with E-state index in [9.17, 15) is 13.2 Å². The summed E-state index contributed by atoms with van der Waals surface area (Å²) in [6.07, 6.45) is 2.58. The molecule has 1 fully saturated rings. The molecule has 1 aliphatic heterocycles. The van der Waals surface area contributed by atoms with E-state index in [4.69, 9.17) is 11.5 Å². The van der Waals surface area contributed by atoms with E-state index >= 15 is 0 Å². The Balaban J connectivity index is 2.12. The van der Waals surface area contributed by atoms with Crippen molar-refractivity contribution in [2.75, 3.05) is 30.8 Å². The number of hydrogen-bond donors (Lipinski definition) is 3. The first-order chi connectivity index (χ1) is 9.74. The average molecular weight is 312 g/mol. The Bertz CT molecular complexity index is 625. The summed E-state index contributed by atoms with van der Waals surface area (Å²) in [5.41, 5.74) is 12.7. The highest BCUT2D eigenvalue weighted by atomic mass is 32.2. The second-order valence-corrected chi connectivity index (χ2v) is 7.15. The van der Waals surface area contributed by atoms with Gasteiger partial charge in [-0.3, -0.25) is 4.79 Å². The summed E-state index contributed by atoms with van der Waals surface area (Å²) in [5.74, 6) is -0.186. The number of nitrogens with one attached hydrogen (secondary N) is 1. The molecule has 2 rings (SSSR count). The highest BCUT2D eigenvalue weighted by molar-refractivity contribution is 7.88. The molecule has 0 aromatic heterocycles. The normalized spacial score (nSPS) is 19.5. The standard InChI is InChI=1S/C13H20N4O3S/c1-21(19,20)16-12-3-2-4-17(8-12)13(18)9-5-10(14)7-11(15)6-9/h5-7,12,16H,2-4,8,14-15H2,1H3. The molecular formula is C13H20N4O3S. The third-order valence-electron chi connectivity index (χ3n) is 3.31. The molecule has 5 N–H and O–H groups in total. The maximum atomic E-state index is 12.5. The minimum atomic E-state index is -3.28. The average Bonchev–Trinajstić information content (AvgIpc) is 2.35. The van der Waals surface area contributed by atoms with Gasteiger partial charge in [0.1, 0.15) is 0 Å². The SMILES string of the molecule is CS(=O)(=O)NC1CCCN(C(=O)c2cc(N)cc(N)c2)C1. The van der Waals surface area contributed by atoms with Crippen LogP contribution in [0.25, 0.3) is 0 Å². The van der Waals surface area contributed by atoms with Crippen molar-refractivity contribution in [2.24, 2.45) is 0 Å². The van der Waals surface area contributed by atoms with Gasteiger partial charge in [-0.2, -0.15) is 0 Å². The van der Waals surface area contributed by atoms with Gasteiger partial charge in [0, 0.05) is 36.1 Å². The number of amides is 1. The lowest BCUT2D eigenvalue weighted by Crippen LogP contribution is -2.49. The van der Waals surface area contributed by atoms with Crippen molar-refractivity contribution in [1.82, 2.24) is 9.62 Å². The molecule has 1 unspecified atom stereocenters. The van der Waals surface area contributed by atoms with Gasteiger partial charge in [0.05, 0.1) is 6.26 Å². The second-order valence-electron chi connectivity index (χ2n) is 5.37. The summed E-state index contributed by atoms with van der Waals surface area (Å²) in [7, 11) is -3.28. The Kier molecular flexibility index (Phi) is 4.38. The molecule has 1 amide bonds. The topological polar surface area (TPSA) is 119 Å². The predicted octanol–water partition coefficient (Wildman–Crippen LogP) is 0.00480. The van der Waals surface area contributed by atoms with Crippen LogP contribution in [0.2, 0.25) is 0 Å². The Morgan fingerprint density at radius 3 is 2.48 bits per heavy atom. The van der Waals surface area contributed by atoms with Crippen molar-refractivity contribution in [2.45, 2.75) is 18.9 Å². The lowest BCUT2D eigenvalue weighted by molar-refractivity contribution is 0.0703. The fraction of sp³-hybridized carbons (Fsp3) is 0.462. The van der Waals surface area contributed by atoms with E-state index in [1.165, 1.54) is 0 Å². The molecule has 1 atom stereocenters. The Morgan fingerprint density at radius 1 is 1.29 bits per heavy atom. The van der Waals surface area contributed by atoms with Gasteiger partial charge in [-0.15, -0.1) is 0 Å². The van der Waals surface area contributed by atoms with Crippen LogP contribution in [0.3, 0.4) is 0 Å². The molecule has 0 bridgehead atoms. The Hall–Kier alpha value is -1.80. The highest BCUT2D eigenvalue weighted by Crippen LogP contribution is 2.18. The van der Waals surface area contributed by atoms with Crippen molar-refractivity contribution < 1.29 is 13.2 Å². The van der Waals surface area contributed by atoms with Crippen molar-refractivity contribution in [1.29, 1.82) is 0 Å². The Morgan fingerprint density at radius 2 is 1.90 bits per heavy atom. The van der Waals surface area contributed by atoms with Gasteiger partial charge in [-0.1, -0.05) is 0 Å². The maximum Gasteiger partial charge on any atom is 0.254 e. The molecule has 0 saturated carbocycles. The molecule has 7 nitrogen and oxygen atoms in total. The molecular weight excluding hydrogens is 292 g/mol. The van der Waals surface area contributed by atoms with Crippen molar-refractivity contribution in [3.05, 3.63) is 23.8 Å². The van der Waals surface area contributed by atoms with Crippen LogP contribution in [-0.2, 0) is 10.0 Å². The number of benzene rings is 1. The molecule has 21 heavy (non-hydrogen) atoms. The highest BCUT2D eigenvalue weighted by Gasteiger charge is 2.26. The first-order valence-corrected chi connectivity index (χ1v) is 8.56. The van der Waals surface area contributed by atoms with Crippen LogP contribution in [0.4, 0.5) is 11.4 Å². The zero-order chi connectivity index (χ0) is 15.6. The van der Waals surface area contributed by atoms with Crippen LogP contribution in [0.15, 0.2) is 18.2 Å². The van der Waals surface area contributed by atoms with E-state index in [0.717, 1.165) is 19.1 Å². The number of nitrogens with zero attached hydrogens (tertiary/aromatic N) is 1. The van der Waals surface area contributed by atoms with Crippen molar-refractivity contribution in [3.8, 4) is 0 Å². The molecule has 116 valence electrons. The molecule has 0 spiro atoms. The van der Waals surface area contributed by atoms with Crippen molar-refractivity contribution in [3.63, 3.8) is 0 Å². The van der Waals surface area contributed by atoms with Crippen molar-refractivity contribution >= 4 is 27.3 Å². The number of nitrogen functional groups attached to an aromatic ring is 2. The summed E-state index contributed by atoms with van der Waals surface area (Å²) in [6, 6.07) is 4.48. The fourth-order valence-corrected chi connectivity index (χ4v) is 3.34. The molecule has 0 aliphatic carbocycles. The summed E-state index contributed by atoms with van der Waals surface area (Å²) in [6.45, 7) is 0.941. The molecule has 1 aromatic rings. The monoisotopic (exact) mass is 312 g/mol. The molecule has 0 radical (unpaired) electrons. The zero-order valence-corrected chi connectivity index (χ0v) is 12.7. The number of likely N-dealkylation sites (tertiary alicyclic amines) is 1. The first kappa shape index (κ1) is 15.6. The number of anilines is 2. The maximum absolute atomic E-state index is 12.5. The fourth-order valence-electron chi connectivity index (χ4n) is 2.54. The largest absolute Gasteiger partial charge is 0.399 e. The van der Waals surface area contributed by atoms with Crippen LogP contribution in [0.5, 0.6) is 0 Å². The van der Waals surface area contributed by atoms with Gasteiger partial charge in [-0.05, 0) is 31.0 Å². The van der Waals surface area contributed by atoms with Gasteiger partial charge in [-0.25, -0.2) is 13.1 Å². The number of hydrogen-bond acceptors (Lipinski definition) is 5. The summed E-state index contributed by atoms with van der Waals surface area (Å²) < 4.78 is 25.1. The van der Waals surface area contributed by atoms with Gasteiger partial charge in [0.25, 0.3) is 5.91 Å². The lowest BCUT2D eigenvalue weighted by atomic mass is 10.0. The number of piperidine rings is 1. The third kappa shape index (κ3) is 4.33. The Labute approximate surface area is 124 Å². The number of nitrogens with two attached hydrogens (primary N) is 2. The number of rotatable bonds is 3. The summed E-state index contributed by atoms with van der Waals surface area (Å²) in [4.78, 5) is 14.1. The lowest BCUT2D eigenvalue weighted by Gasteiger charge is -2.32. The molecule has 1 aromatic carbocycles. The third-order valence-corrected chi connectivity index (χ3v) is 4.08. The second kappa shape index (κ2) is 5.90. The van der Waals surface area contributed by atoms with Crippen LogP contribution in [-0.4, -0.2) is 44.6 Å². The quantitative estimate of drug-likeness (QED) is 0.679. The van der Waals surface area contributed by atoms with Crippen LogP contribution >= 0.6 is 0 Å². The minimum absolute atomic E-state index is 0.186. The molecule has 1 heterocycles. The first-order valence-electron chi connectivity index (χ1n) is 6.67. The number of sulfonamides is 1. The van der Waals surface area contributed by atoms with E-state index in [1.54, 1.807) is 23.1 Å². The van der Waals surface area contributed by atoms with Gasteiger partial charge in [0.2, 0.25) is 10.0 Å².